The molecule has 1 atom stereocenters. The van der Waals surface area contributed by atoms with E-state index >= 15 is 0 Å². The second kappa shape index (κ2) is 8.19. The van der Waals surface area contributed by atoms with E-state index in [4.69, 9.17) is 4.74 Å². The minimum atomic E-state index is -5.84. The highest BCUT2D eigenvalue weighted by Gasteiger charge is 2.58. The largest absolute Gasteiger partial charge is 0.481 e. The highest BCUT2D eigenvalue weighted by atomic mass is 19.4. The van der Waals surface area contributed by atoms with Gasteiger partial charge in [-0.1, -0.05) is 0 Å². The molecular formula is C15H17F6N3O3. The Morgan fingerprint density at radius 3 is 2.59 bits per heavy atom. The second-order valence-electron chi connectivity index (χ2n) is 5.80. The number of nitrogens with one attached hydrogen (secondary N) is 2. The summed E-state index contributed by atoms with van der Waals surface area (Å²) in [6, 6.07) is 0.413. The third kappa shape index (κ3) is 5.15. The smallest absolute Gasteiger partial charge is 0.456 e. The minimum absolute atomic E-state index is 0.0660. The molecule has 1 aliphatic rings. The number of carbonyl (C=O) groups excluding carboxylic acids is 1. The quantitative estimate of drug-likeness (QED) is 0.686. The van der Waals surface area contributed by atoms with Gasteiger partial charge in [-0.15, -0.1) is 0 Å². The Labute approximate surface area is 150 Å². The predicted molar refractivity (Wildman–Crippen MR) is 80.1 cm³/mol. The van der Waals surface area contributed by atoms with Gasteiger partial charge >= 0.3 is 12.1 Å². The Balaban J connectivity index is 2.06. The van der Waals surface area contributed by atoms with E-state index in [1.54, 1.807) is 0 Å². The first-order valence-corrected chi connectivity index (χ1v) is 7.87. The van der Waals surface area contributed by atoms with Gasteiger partial charge in [0.15, 0.2) is 12.4 Å². The second-order valence-corrected chi connectivity index (χ2v) is 5.80. The number of carbonyl (C=O) groups is 1. The number of nitrogens with zero attached hydrogens (tertiary/aromatic N) is 1. The van der Waals surface area contributed by atoms with Crippen molar-refractivity contribution in [2.45, 2.75) is 37.5 Å². The van der Waals surface area contributed by atoms with Crippen molar-refractivity contribution in [2.75, 3.05) is 20.3 Å². The van der Waals surface area contributed by atoms with Gasteiger partial charge in [0.1, 0.15) is 0 Å². The van der Waals surface area contributed by atoms with Gasteiger partial charge in [-0.05, 0) is 25.5 Å². The zero-order chi connectivity index (χ0) is 20.2. The van der Waals surface area contributed by atoms with E-state index < -0.39 is 30.4 Å². The van der Waals surface area contributed by atoms with Crippen molar-refractivity contribution in [3.05, 3.63) is 17.4 Å². The molecule has 12 heteroatoms. The lowest BCUT2D eigenvalue weighted by atomic mass is 10.2. The molecule has 2 rings (SSSR count). The SMILES string of the molecule is COc1nc(OCC(F)(F)C(F)(F)F)c(F)cc1CNC(=O)C1CCCN1. The first-order chi connectivity index (χ1) is 12.5. The van der Waals surface area contributed by atoms with E-state index in [1.807, 2.05) is 0 Å². The zero-order valence-electron chi connectivity index (χ0n) is 14.1. The maximum atomic E-state index is 14.0. The van der Waals surface area contributed by atoms with Crippen molar-refractivity contribution < 1.29 is 40.6 Å². The third-order valence-electron chi connectivity index (χ3n) is 3.81. The molecule has 0 bridgehead atoms. The first-order valence-electron chi connectivity index (χ1n) is 7.87. The molecule has 0 aliphatic carbocycles. The fourth-order valence-corrected chi connectivity index (χ4v) is 2.35. The van der Waals surface area contributed by atoms with E-state index in [9.17, 15) is 31.1 Å². The van der Waals surface area contributed by atoms with Crippen LogP contribution in [-0.2, 0) is 11.3 Å². The van der Waals surface area contributed by atoms with Crippen LogP contribution in [0.5, 0.6) is 11.8 Å². The summed E-state index contributed by atoms with van der Waals surface area (Å²) in [7, 11) is 1.14. The number of rotatable bonds is 7. The summed E-state index contributed by atoms with van der Waals surface area (Å²) in [4.78, 5) is 15.4. The average Bonchev–Trinajstić information content (AvgIpc) is 3.12. The Morgan fingerprint density at radius 1 is 1.33 bits per heavy atom. The van der Waals surface area contributed by atoms with Gasteiger partial charge in [-0.3, -0.25) is 4.79 Å². The summed E-state index contributed by atoms with van der Waals surface area (Å²) in [5.41, 5.74) is 0.0660. The lowest BCUT2D eigenvalue weighted by Gasteiger charge is -2.20. The molecule has 0 spiro atoms. The number of hydrogen-bond donors (Lipinski definition) is 2. The van der Waals surface area contributed by atoms with E-state index in [0.717, 1.165) is 19.6 Å². The van der Waals surface area contributed by atoms with Crippen LogP contribution in [0.25, 0.3) is 0 Å². The van der Waals surface area contributed by atoms with E-state index in [1.165, 1.54) is 0 Å². The maximum Gasteiger partial charge on any atom is 0.456 e. The number of alkyl halides is 5. The molecule has 0 saturated carbocycles. The topological polar surface area (TPSA) is 72.5 Å². The molecule has 1 aliphatic heterocycles. The third-order valence-corrected chi connectivity index (χ3v) is 3.81. The van der Waals surface area contributed by atoms with Crippen LogP contribution >= 0.6 is 0 Å². The summed E-state index contributed by atoms with van der Waals surface area (Å²) in [6.45, 7) is -1.61. The van der Waals surface area contributed by atoms with Crippen LogP contribution in [0.3, 0.4) is 0 Å². The molecule has 1 fully saturated rings. The number of aromatic nitrogens is 1. The van der Waals surface area contributed by atoms with Gasteiger partial charge in [-0.2, -0.15) is 26.9 Å². The fourth-order valence-electron chi connectivity index (χ4n) is 2.35. The van der Waals surface area contributed by atoms with E-state index in [0.29, 0.717) is 13.0 Å². The molecule has 1 unspecified atom stereocenters. The summed E-state index contributed by atoms with van der Waals surface area (Å²) < 4.78 is 85.2. The van der Waals surface area contributed by atoms with Crippen LogP contribution in [0.4, 0.5) is 26.3 Å². The van der Waals surface area contributed by atoms with E-state index in [2.05, 4.69) is 20.4 Å². The Kier molecular flexibility index (Phi) is 6.39. The van der Waals surface area contributed by atoms with Crippen molar-refractivity contribution in [1.29, 1.82) is 0 Å². The molecular weight excluding hydrogens is 384 g/mol. The summed E-state index contributed by atoms with van der Waals surface area (Å²) in [6.07, 6.45) is -4.35. The number of hydrogen-bond acceptors (Lipinski definition) is 5. The minimum Gasteiger partial charge on any atom is -0.481 e. The van der Waals surface area contributed by atoms with Crippen LogP contribution in [-0.4, -0.2) is 49.3 Å². The Hall–Kier alpha value is -2.24. The Morgan fingerprint density at radius 2 is 2.04 bits per heavy atom. The molecule has 0 aromatic carbocycles. The highest BCUT2D eigenvalue weighted by molar-refractivity contribution is 5.82. The fraction of sp³-hybridized carbons (Fsp3) is 0.600. The standard InChI is InChI=1S/C15H17F6N3O3/c1-26-12-8(6-23-11(25)10-3-2-4-22-10)5-9(16)13(24-12)27-7-14(17,18)15(19,20)21/h5,10,22H,2-4,6-7H2,1H3,(H,23,25). The average molecular weight is 401 g/mol. The molecule has 152 valence electrons. The summed E-state index contributed by atoms with van der Waals surface area (Å²) in [5.74, 6) is -8.10. The molecule has 1 aromatic heterocycles. The molecule has 27 heavy (non-hydrogen) atoms. The predicted octanol–water partition coefficient (Wildman–Crippen LogP) is 2.17. The molecule has 2 N–H and O–H groups in total. The summed E-state index contributed by atoms with van der Waals surface area (Å²) in [5, 5.41) is 5.51. The molecule has 1 amide bonds. The molecule has 6 nitrogen and oxygen atoms in total. The first kappa shape index (κ1) is 21.1. The molecule has 1 aromatic rings. The lowest BCUT2D eigenvalue weighted by molar-refractivity contribution is -0.290. The van der Waals surface area contributed by atoms with Crippen LogP contribution in [0.15, 0.2) is 6.07 Å². The van der Waals surface area contributed by atoms with Gasteiger partial charge in [0.2, 0.25) is 11.8 Å². The Bertz CT molecular complexity index is 677. The van der Waals surface area contributed by atoms with Crippen molar-refractivity contribution in [1.82, 2.24) is 15.6 Å². The zero-order valence-corrected chi connectivity index (χ0v) is 14.1. The number of methoxy groups -OCH3 is 1. The van der Waals surface area contributed by atoms with Crippen LogP contribution < -0.4 is 20.1 Å². The van der Waals surface area contributed by atoms with Gasteiger partial charge in [-0.25, -0.2) is 4.39 Å². The van der Waals surface area contributed by atoms with Crippen LogP contribution in [0, 0.1) is 5.82 Å². The molecule has 2 heterocycles. The number of pyridine rings is 1. The van der Waals surface area contributed by atoms with Gasteiger partial charge < -0.3 is 20.1 Å². The van der Waals surface area contributed by atoms with Crippen LogP contribution in [0.2, 0.25) is 0 Å². The van der Waals surface area contributed by atoms with Crippen LogP contribution in [0.1, 0.15) is 18.4 Å². The number of amides is 1. The van der Waals surface area contributed by atoms with Crippen molar-refractivity contribution in [3.8, 4) is 11.8 Å². The maximum absolute atomic E-state index is 14.0. The number of ether oxygens (including phenoxy) is 2. The lowest BCUT2D eigenvalue weighted by Crippen LogP contribution is -2.42. The van der Waals surface area contributed by atoms with E-state index in [-0.39, 0.29) is 29.9 Å². The van der Waals surface area contributed by atoms with Crippen molar-refractivity contribution in [2.24, 2.45) is 0 Å². The van der Waals surface area contributed by atoms with Gasteiger partial charge in [0.25, 0.3) is 5.88 Å². The van der Waals surface area contributed by atoms with Crippen molar-refractivity contribution >= 4 is 5.91 Å². The monoisotopic (exact) mass is 401 g/mol. The van der Waals surface area contributed by atoms with Gasteiger partial charge in [0.05, 0.1) is 13.2 Å². The molecule has 0 radical (unpaired) electrons. The van der Waals surface area contributed by atoms with Crippen molar-refractivity contribution in [3.63, 3.8) is 0 Å². The molecule has 1 saturated heterocycles. The van der Waals surface area contributed by atoms with Gasteiger partial charge in [0, 0.05) is 12.1 Å². The number of halogens is 6. The highest BCUT2D eigenvalue weighted by Crippen LogP contribution is 2.36. The normalized spacial score (nSPS) is 17.7. The summed E-state index contributed by atoms with van der Waals surface area (Å²) >= 11 is 0.